The van der Waals surface area contributed by atoms with Gasteiger partial charge in [0, 0.05) is 23.5 Å². The molecule has 2 atom stereocenters. The normalized spacial score (nSPS) is 20.8. The van der Waals surface area contributed by atoms with Crippen molar-refractivity contribution in [2.75, 3.05) is 19.6 Å². The van der Waals surface area contributed by atoms with Crippen LogP contribution in [0.25, 0.3) is 0 Å². The molecule has 0 spiro atoms. The van der Waals surface area contributed by atoms with Crippen molar-refractivity contribution in [2.24, 2.45) is 0 Å². The topological polar surface area (TPSA) is 15.3 Å². The molecule has 0 amide bonds. The van der Waals surface area contributed by atoms with Gasteiger partial charge in [0.1, 0.15) is 0 Å². The monoisotopic (exact) mass is 286 g/mol. The first-order valence-electron chi connectivity index (χ1n) is 6.89. The molecule has 1 aliphatic heterocycles. The molecule has 0 radical (unpaired) electrons. The highest BCUT2D eigenvalue weighted by Crippen LogP contribution is 2.26. The van der Waals surface area contributed by atoms with Gasteiger partial charge in [0.15, 0.2) is 0 Å². The molecular formula is C14H23ClN2S. The van der Waals surface area contributed by atoms with Gasteiger partial charge in [-0.3, -0.25) is 4.90 Å². The quantitative estimate of drug-likeness (QED) is 0.882. The van der Waals surface area contributed by atoms with Crippen molar-refractivity contribution in [2.45, 2.75) is 45.2 Å². The van der Waals surface area contributed by atoms with Crippen LogP contribution in [-0.2, 0) is 0 Å². The summed E-state index contributed by atoms with van der Waals surface area (Å²) >= 11 is 7.64. The predicted octanol–water partition coefficient (Wildman–Crippen LogP) is 3.93. The van der Waals surface area contributed by atoms with E-state index in [1.807, 2.05) is 6.07 Å². The van der Waals surface area contributed by atoms with Crippen LogP contribution in [0, 0.1) is 0 Å². The van der Waals surface area contributed by atoms with Gasteiger partial charge >= 0.3 is 0 Å². The molecule has 2 nitrogen and oxygen atoms in total. The first-order chi connectivity index (χ1) is 8.66. The van der Waals surface area contributed by atoms with Gasteiger partial charge in [0.05, 0.1) is 4.34 Å². The summed E-state index contributed by atoms with van der Waals surface area (Å²) in [6.45, 7) is 8.12. The number of hydrogen-bond donors (Lipinski definition) is 1. The summed E-state index contributed by atoms with van der Waals surface area (Å²) in [6.07, 6.45) is 4.13. The van der Waals surface area contributed by atoms with Gasteiger partial charge < -0.3 is 5.32 Å². The maximum Gasteiger partial charge on any atom is 0.0931 e. The minimum Gasteiger partial charge on any atom is -0.308 e. The van der Waals surface area contributed by atoms with E-state index in [1.54, 1.807) is 11.3 Å². The second-order valence-electron chi connectivity index (χ2n) is 5.22. The van der Waals surface area contributed by atoms with Crippen LogP contribution in [0.2, 0.25) is 4.34 Å². The minimum absolute atomic E-state index is 0.398. The predicted molar refractivity (Wildman–Crippen MR) is 80.6 cm³/mol. The Morgan fingerprint density at radius 3 is 2.61 bits per heavy atom. The average molecular weight is 287 g/mol. The Hall–Kier alpha value is -0.0900. The van der Waals surface area contributed by atoms with E-state index in [0.717, 1.165) is 10.9 Å². The average Bonchev–Trinajstić information content (AvgIpc) is 2.83. The van der Waals surface area contributed by atoms with Crippen molar-refractivity contribution in [3.63, 3.8) is 0 Å². The van der Waals surface area contributed by atoms with Gasteiger partial charge in [0.2, 0.25) is 0 Å². The fraction of sp³-hybridized carbons (Fsp3) is 0.714. The van der Waals surface area contributed by atoms with Gasteiger partial charge in [-0.1, -0.05) is 18.0 Å². The van der Waals surface area contributed by atoms with E-state index < -0.39 is 0 Å². The SMILES string of the molecule is CC(NCC(C)N1CCCCC1)c1ccc(Cl)s1. The summed E-state index contributed by atoms with van der Waals surface area (Å²) < 4.78 is 0.878. The molecule has 1 aromatic rings. The lowest BCUT2D eigenvalue weighted by molar-refractivity contribution is 0.168. The Balaban J connectivity index is 1.76. The lowest BCUT2D eigenvalue weighted by atomic mass is 10.1. The molecule has 1 aliphatic rings. The van der Waals surface area contributed by atoms with Crippen molar-refractivity contribution in [1.29, 1.82) is 0 Å². The van der Waals surface area contributed by atoms with E-state index in [2.05, 4.69) is 30.1 Å². The number of nitrogens with one attached hydrogen (secondary N) is 1. The van der Waals surface area contributed by atoms with Crippen LogP contribution < -0.4 is 5.32 Å². The van der Waals surface area contributed by atoms with Crippen LogP contribution in [0.5, 0.6) is 0 Å². The summed E-state index contributed by atoms with van der Waals surface area (Å²) in [6, 6.07) is 5.13. The number of thiophene rings is 1. The third-order valence-electron chi connectivity index (χ3n) is 3.75. The van der Waals surface area contributed by atoms with Crippen molar-refractivity contribution in [1.82, 2.24) is 10.2 Å². The number of nitrogens with zero attached hydrogens (tertiary/aromatic N) is 1. The molecule has 1 saturated heterocycles. The Kier molecular flexibility index (Phi) is 5.49. The van der Waals surface area contributed by atoms with Gasteiger partial charge in [0.25, 0.3) is 0 Å². The Morgan fingerprint density at radius 1 is 1.28 bits per heavy atom. The molecule has 0 bridgehead atoms. The zero-order valence-corrected chi connectivity index (χ0v) is 12.9. The molecule has 0 aliphatic carbocycles. The fourth-order valence-corrected chi connectivity index (χ4v) is 3.58. The number of halogens is 1. The Morgan fingerprint density at radius 2 is 2.00 bits per heavy atom. The van der Waals surface area contributed by atoms with Crippen LogP contribution >= 0.6 is 22.9 Å². The lowest BCUT2D eigenvalue weighted by Crippen LogP contribution is -2.43. The van der Waals surface area contributed by atoms with Crippen LogP contribution in [0.4, 0.5) is 0 Å². The first-order valence-corrected chi connectivity index (χ1v) is 8.09. The second kappa shape index (κ2) is 6.90. The number of likely N-dealkylation sites (tertiary alicyclic amines) is 1. The fourth-order valence-electron chi connectivity index (χ4n) is 2.50. The van der Waals surface area contributed by atoms with E-state index in [9.17, 15) is 0 Å². The van der Waals surface area contributed by atoms with Crippen molar-refractivity contribution >= 4 is 22.9 Å². The summed E-state index contributed by atoms with van der Waals surface area (Å²) in [7, 11) is 0. The molecule has 2 heterocycles. The largest absolute Gasteiger partial charge is 0.308 e. The van der Waals surface area contributed by atoms with Crippen LogP contribution in [0.15, 0.2) is 12.1 Å². The molecule has 1 fully saturated rings. The summed E-state index contributed by atoms with van der Waals surface area (Å²) in [5.74, 6) is 0. The highest BCUT2D eigenvalue weighted by molar-refractivity contribution is 7.16. The minimum atomic E-state index is 0.398. The standard InChI is InChI=1S/C14H23ClN2S/c1-11(17-8-4-3-5-9-17)10-16-12(2)13-6-7-14(15)18-13/h6-7,11-12,16H,3-5,8-10H2,1-2H3. The first kappa shape index (κ1) is 14.3. The van der Waals surface area contributed by atoms with Gasteiger partial charge in [-0.2, -0.15) is 0 Å². The Bertz CT molecular complexity index is 360. The van der Waals surface area contributed by atoms with Gasteiger partial charge in [-0.05, 0) is 51.9 Å². The van der Waals surface area contributed by atoms with Crippen molar-refractivity contribution in [3.05, 3.63) is 21.3 Å². The van der Waals surface area contributed by atoms with Gasteiger partial charge in [-0.25, -0.2) is 0 Å². The zero-order valence-electron chi connectivity index (χ0n) is 11.3. The molecule has 0 aromatic carbocycles. The Labute approximate surface area is 119 Å². The summed E-state index contributed by atoms with van der Waals surface area (Å²) in [5, 5.41) is 3.62. The van der Waals surface area contributed by atoms with Crippen molar-refractivity contribution < 1.29 is 0 Å². The molecule has 1 aromatic heterocycles. The van der Waals surface area contributed by atoms with E-state index >= 15 is 0 Å². The second-order valence-corrected chi connectivity index (χ2v) is 6.96. The summed E-state index contributed by atoms with van der Waals surface area (Å²) in [4.78, 5) is 3.93. The summed E-state index contributed by atoms with van der Waals surface area (Å²) in [5.41, 5.74) is 0. The number of hydrogen-bond acceptors (Lipinski definition) is 3. The van der Waals surface area contributed by atoms with Crippen LogP contribution in [0.3, 0.4) is 0 Å². The molecule has 2 unspecified atom stereocenters. The third-order valence-corrected chi connectivity index (χ3v) is 5.17. The van der Waals surface area contributed by atoms with Crippen LogP contribution in [0.1, 0.15) is 44.0 Å². The molecule has 0 saturated carbocycles. The molecule has 18 heavy (non-hydrogen) atoms. The van der Waals surface area contributed by atoms with Crippen molar-refractivity contribution in [3.8, 4) is 0 Å². The maximum atomic E-state index is 5.97. The van der Waals surface area contributed by atoms with E-state index in [1.165, 1.54) is 37.2 Å². The zero-order chi connectivity index (χ0) is 13.0. The molecule has 2 rings (SSSR count). The molecular weight excluding hydrogens is 264 g/mol. The maximum absolute atomic E-state index is 5.97. The molecule has 4 heteroatoms. The van der Waals surface area contributed by atoms with Gasteiger partial charge in [-0.15, -0.1) is 11.3 Å². The molecule has 1 N–H and O–H groups in total. The number of rotatable bonds is 5. The smallest absolute Gasteiger partial charge is 0.0931 e. The third kappa shape index (κ3) is 3.95. The molecule has 102 valence electrons. The highest BCUT2D eigenvalue weighted by Gasteiger charge is 2.17. The lowest BCUT2D eigenvalue weighted by Gasteiger charge is -2.33. The van der Waals surface area contributed by atoms with E-state index in [0.29, 0.717) is 12.1 Å². The van der Waals surface area contributed by atoms with E-state index in [-0.39, 0.29) is 0 Å². The van der Waals surface area contributed by atoms with E-state index in [4.69, 9.17) is 11.6 Å². The highest BCUT2D eigenvalue weighted by atomic mass is 35.5. The van der Waals surface area contributed by atoms with Crippen LogP contribution in [-0.4, -0.2) is 30.6 Å². The number of piperidine rings is 1.